The van der Waals surface area contributed by atoms with Crippen LogP contribution in [0.3, 0.4) is 0 Å². The van der Waals surface area contributed by atoms with Crippen molar-refractivity contribution in [3.05, 3.63) is 0 Å². The minimum absolute atomic E-state index is 0.515. The zero-order valence-electron chi connectivity index (χ0n) is 9.38. The van der Waals surface area contributed by atoms with Gasteiger partial charge in [-0.1, -0.05) is 39.5 Å². The van der Waals surface area contributed by atoms with E-state index in [4.69, 9.17) is 4.74 Å². The monoisotopic (exact) mass is 184 g/mol. The second-order valence-corrected chi connectivity index (χ2v) is 4.48. The molecule has 1 heterocycles. The normalized spacial score (nSPS) is 28.6. The van der Waals surface area contributed by atoms with Crippen LogP contribution >= 0.6 is 0 Å². The second kappa shape index (κ2) is 5.64. The molecule has 0 aromatic rings. The molecule has 1 aliphatic heterocycles. The van der Waals surface area contributed by atoms with Gasteiger partial charge >= 0.3 is 0 Å². The van der Waals surface area contributed by atoms with Gasteiger partial charge < -0.3 is 4.74 Å². The maximum Gasteiger partial charge on any atom is 0.0550 e. The summed E-state index contributed by atoms with van der Waals surface area (Å²) in [7, 11) is 0. The van der Waals surface area contributed by atoms with Crippen LogP contribution in [0.5, 0.6) is 0 Å². The van der Waals surface area contributed by atoms with Gasteiger partial charge in [-0.2, -0.15) is 0 Å². The number of ether oxygens (including phenoxy) is 1. The van der Waals surface area contributed by atoms with Crippen LogP contribution in [0.4, 0.5) is 0 Å². The first kappa shape index (κ1) is 11.0. The van der Waals surface area contributed by atoms with Crippen LogP contribution in [0.1, 0.15) is 52.9 Å². The first-order chi connectivity index (χ1) is 6.27. The second-order valence-electron chi connectivity index (χ2n) is 4.48. The standard InChI is InChI=1S/C12H24O/c1-4-6-11(7-5-2)12-8-10(3)13-9-12/h10-12H,4-9H2,1-3H3. The molecule has 2 atom stereocenters. The molecule has 0 aliphatic carbocycles. The number of hydrogen-bond acceptors (Lipinski definition) is 1. The van der Waals surface area contributed by atoms with E-state index in [-0.39, 0.29) is 0 Å². The van der Waals surface area contributed by atoms with Crippen molar-refractivity contribution in [2.45, 2.75) is 59.0 Å². The van der Waals surface area contributed by atoms with Crippen LogP contribution in [0.25, 0.3) is 0 Å². The average Bonchev–Trinajstić information content (AvgIpc) is 2.51. The molecule has 1 heteroatoms. The van der Waals surface area contributed by atoms with E-state index in [0.29, 0.717) is 6.10 Å². The van der Waals surface area contributed by atoms with Gasteiger partial charge in [0.25, 0.3) is 0 Å². The van der Waals surface area contributed by atoms with Crippen LogP contribution in [-0.2, 0) is 4.74 Å². The summed E-state index contributed by atoms with van der Waals surface area (Å²) in [6, 6.07) is 0. The third-order valence-electron chi connectivity index (χ3n) is 3.22. The molecular weight excluding hydrogens is 160 g/mol. The molecule has 1 aliphatic rings. The third kappa shape index (κ3) is 3.30. The Morgan fingerprint density at radius 3 is 2.23 bits per heavy atom. The van der Waals surface area contributed by atoms with Crippen LogP contribution in [0.2, 0.25) is 0 Å². The molecule has 0 N–H and O–H groups in total. The summed E-state index contributed by atoms with van der Waals surface area (Å²) in [6.07, 6.45) is 7.26. The van der Waals surface area contributed by atoms with E-state index in [9.17, 15) is 0 Å². The molecule has 1 rings (SSSR count). The Labute approximate surface area is 82.9 Å². The topological polar surface area (TPSA) is 9.23 Å². The van der Waals surface area contributed by atoms with E-state index in [1.807, 2.05) is 0 Å². The molecule has 1 fully saturated rings. The van der Waals surface area contributed by atoms with Gasteiger partial charge in [-0.05, 0) is 25.2 Å². The zero-order chi connectivity index (χ0) is 9.68. The first-order valence-electron chi connectivity index (χ1n) is 5.89. The van der Waals surface area contributed by atoms with Gasteiger partial charge in [0.05, 0.1) is 12.7 Å². The lowest BCUT2D eigenvalue weighted by molar-refractivity contribution is 0.113. The van der Waals surface area contributed by atoms with Crippen molar-refractivity contribution in [3.63, 3.8) is 0 Å². The molecule has 0 bridgehead atoms. The molecule has 78 valence electrons. The van der Waals surface area contributed by atoms with Crippen LogP contribution in [-0.4, -0.2) is 12.7 Å². The lowest BCUT2D eigenvalue weighted by Gasteiger charge is -2.21. The average molecular weight is 184 g/mol. The summed E-state index contributed by atoms with van der Waals surface area (Å²) in [6.45, 7) is 7.81. The number of hydrogen-bond donors (Lipinski definition) is 0. The Morgan fingerprint density at radius 2 is 1.85 bits per heavy atom. The lowest BCUT2D eigenvalue weighted by Crippen LogP contribution is -2.14. The molecule has 0 spiro atoms. The molecule has 13 heavy (non-hydrogen) atoms. The van der Waals surface area contributed by atoms with E-state index in [0.717, 1.165) is 18.4 Å². The molecule has 0 radical (unpaired) electrons. The van der Waals surface area contributed by atoms with Gasteiger partial charge in [0, 0.05) is 0 Å². The third-order valence-corrected chi connectivity index (χ3v) is 3.22. The highest BCUT2D eigenvalue weighted by atomic mass is 16.5. The fraction of sp³-hybridized carbons (Fsp3) is 1.00. The van der Waals surface area contributed by atoms with Gasteiger partial charge in [0.15, 0.2) is 0 Å². The Kier molecular flexibility index (Phi) is 4.79. The van der Waals surface area contributed by atoms with Gasteiger partial charge in [-0.15, -0.1) is 0 Å². The molecule has 0 amide bonds. The SMILES string of the molecule is CCCC(CCC)C1COC(C)C1. The summed E-state index contributed by atoms with van der Waals surface area (Å²) in [5, 5.41) is 0. The van der Waals surface area contributed by atoms with Crippen LogP contribution in [0, 0.1) is 11.8 Å². The molecule has 0 saturated carbocycles. The minimum atomic E-state index is 0.515. The van der Waals surface area contributed by atoms with Crippen molar-refractivity contribution < 1.29 is 4.74 Å². The first-order valence-corrected chi connectivity index (χ1v) is 5.89. The fourth-order valence-electron chi connectivity index (χ4n) is 2.54. The van der Waals surface area contributed by atoms with E-state index in [2.05, 4.69) is 20.8 Å². The maximum atomic E-state index is 5.64. The van der Waals surface area contributed by atoms with E-state index >= 15 is 0 Å². The predicted octanol–water partition coefficient (Wildman–Crippen LogP) is 3.63. The predicted molar refractivity (Wildman–Crippen MR) is 56.8 cm³/mol. The van der Waals surface area contributed by atoms with Crippen molar-refractivity contribution >= 4 is 0 Å². The summed E-state index contributed by atoms with van der Waals surface area (Å²) in [5.41, 5.74) is 0. The Hall–Kier alpha value is -0.0400. The highest BCUT2D eigenvalue weighted by Gasteiger charge is 2.28. The quantitative estimate of drug-likeness (QED) is 0.634. The maximum absolute atomic E-state index is 5.64. The van der Waals surface area contributed by atoms with E-state index in [1.165, 1.54) is 32.1 Å². The van der Waals surface area contributed by atoms with E-state index < -0.39 is 0 Å². The molecule has 0 aromatic heterocycles. The van der Waals surface area contributed by atoms with Gasteiger partial charge in [-0.3, -0.25) is 0 Å². The molecule has 1 nitrogen and oxygen atoms in total. The van der Waals surface area contributed by atoms with Crippen LogP contribution in [0.15, 0.2) is 0 Å². The summed E-state index contributed by atoms with van der Waals surface area (Å²) in [5.74, 6) is 1.79. The molecule has 1 saturated heterocycles. The smallest absolute Gasteiger partial charge is 0.0550 e. The van der Waals surface area contributed by atoms with Crippen molar-refractivity contribution in [2.24, 2.45) is 11.8 Å². The Bertz CT molecular complexity index is 127. The summed E-state index contributed by atoms with van der Waals surface area (Å²) in [4.78, 5) is 0. The lowest BCUT2D eigenvalue weighted by atomic mass is 9.84. The van der Waals surface area contributed by atoms with Crippen molar-refractivity contribution in [1.29, 1.82) is 0 Å². The van der Waals surface area contributed by atoms with Gasteiger partial charge in [-0.25, -0.2) is 0 Å². The van der Waals surface area contributed by atoms with E-state index in [1.54, 1.807) is 0 Å². The molecule has 2 unspecified atom stereocenters. The van der Waals surface area contributed by atoms with Gasteiger partial charge in [0.1, 0.15) is 0 Å². The van der Waals surface area contributed by atoms with Crippen molar-refractivity contribution in [1.82, 2.24) is 0 Å². The fourth-order valence-corrected chi connectivity index (χ4v) is 2.54. The zero-order valence-corrected chi connectivity index (χ0v) is 9.38. The van der Waals surface area contributed by atoms with Crippen LogP contribution < -0.4 is 0 Å². The largest absolute Gasteiger partial charge is 0.378 e. The summed E-state index contributed by atoms with van der Waals surface area (Å²) < 4.78 is 5.64. The Morgan fingerprint density at radius 1 is 1.23 bits per heavy atom. The highest BCUT2D eigenvalue weighted by molar-refractivity contribution is 4.77. The molecular formula is C12H24O. The van der Waals surface area contributed by atoms with Crippen molar-refractivity contribution in [3.8, 4) is 0 Å². The molecule has 0 aromatic carbocycles. The van der Waals surface area contributed by atoms with Crippen molar-refractivity contribution in [2.75, 3.05) is 6.61 Å². The Balaban J connectivity index is 2.35. The number of rotatable bonds is 5. The van der Waals surface area contributed by atoms with Gasteiger partial charge in [0.2, 0.25) is 0 Å². The highest BCUT2D eigenvalue weighted by Crippen LogP contribution is 2.32. The summed E-state index contributed by atoms with van der Waals surface area (Å²) >= 11 is 0. The minimum Gasteiger partial charge on any atom is -0.378 e.